The van der Waals surface area contributed by atoms with Crippen molar-refractivity contribution in [3.8, 4) is 46.0 Å². The van der Waals surface area contributed by atoms with E-state index in [1.165, 1.54) is 72.8 Å². The lowest BCUT2D eigenvalue weighted by molar-refractivity contribution is -0.159. The summed E-state index contributed by atoms with van der Waals surface area (Å²) in [5.41, 5.74) is 0.318. The van der Waals surface area contributed by atoms with E-state index in [2.05, 4.69) is 0 Å². The second kappa shape index (κ2) is 14.3. The Labute approximate surface area is 345 Å². The molecule has 10 rings (SSSR count). The van der Waals surface area contributed by atoms with Crippen molar-refractivity contribution >= 4 is 35.8 Å². The first kappa shape index (κ1) is 39.8. The van der Waals surface area contributed by atoms with Gasteiger partial charge in [0.25, 0.3) is 0 Å². The zero-order chi connectivity index (χ0) is 44.4. The van der Waals surface area contributed by atoms with Crippen LogP contribution in [-0.2, 0) is 30.3 Å². The molecule has 18 heteroatoms. The molecule has 0 bridgehead atoms. The van der Waals surface area contributed by atoms with Gasteiger partial charge in [-0.3, -0.25) is 0 Å². The van der Waals surface area contributed by atoms with Gasteiger partial charge in [0.15, 0.2) is 11.2 Å². The Morgan fingerprint density at radius 1 is 0.387 bits per heavy atom. The zero-order valence-corrected chi connectivity index (χ0v) is 31.1. The molecular weight excluding hydrogens is 816 g/mol. The van der Waals surface area contributed by atoms with Crippen LogP contribution in [0.15, 0.2) is 109 Å². The number of aromatic carboxylic acids is 2. The molecule has 0 amide bonds. The Morgan fingerprint density at radius 2 is 0.661 bits per heavy atom. The summed E-state index contributed by atoms with van der Waals surface area (Å²) >= 11 is 0. The molecule has 0 aromatic heterocycles. The number of carboxylic acid groups (broad SMARTS) is 4. The molecule has 310 valence electrons. The third-order valence-corrected chi connectivity index (χ3v) is 10.2. The van der Waals surface area contributed by atoms with Gasteiger partial charge in [0.1, 0.15) is 46.0 Å². The van der Waals surface area contributed by atoms with Gasteiger partial charge in [-0.05, 0) is 72.8 Å². The number of carbonyl (C=O) groups excluding carboxylic acids is 2. The largest absolute Gasteiger partial charge is 0.508 e. The molecule has 2 spiro atoms. The molecule has 18 nitrogen and oxygen atoms in total. The van der Waals surface area contributed by atoms with Crippen LogP contribution in [0.2, 0.25) is 0 Å². The minimum atomic E-state index is -1.82. The molecule has 6 aromatic carbocycles. The van der Waals surface area contributed by atoms with Crippen LogP contribution in [0.3, 0.4) is 0 Å². The van der Waals surface area contributed by atoms with Gasteiger partial charge in [0, 0.05) is 57.6 Å². The van der Waals surface area contributed by atoms with Crippen molar-refractivity contribution in [3.05, 3.63) is 165 Å². The maximum absolute atomic E-state index is 12.7. The summed E-state index contributed by atoms with van der Waals surface area (Å²) in [5.74, 6) is -6.39. The van der Waals surface area contributed by atoms with Gasteiger partial charge in [-0.2, -0.15) is 0 Å². The monoisotopic (exact) mass is 842 g/mol. The number of rotatable bonds is 2. The molecular formula is C44H26O18. The number of ether oxygens (including phenoxy) is 4. The predicted octanol–water partition coefficient (Wildman–Crippen LogP) is 5.88. The van der Waals surface area contributed by atoms with Gasteiger partial charge < -0.3 is 59.8 Å². The number of esters is 2. The van der Waals surface area contributed by atoms with Crippen LogP contribution in [0.5, 0.6) is 46.0 Å². The van der Waals surface area contributed by atoms with E-state index in [-0.39, 0.29) is 68.2 Å². The molecule has 4 aliphatic heterocycles. The van der Waals surface area contributed by atoms with E-state index in [0.29, 0.717) is 33.4 Å². The lowest BCUT2D eigenvalue weighted by Crippen LogP contribution is -2.32. The van der Waals surface area contributed by atoms with Gasteiger partial charge in [0.2, 0.25) is 0 Å². The fraction of sp³-hybridized carbons (Fsp3) is 0.0455. The Morgan fingerprint density at radius 3 is 0.919 bits per heavy atom. The summed E-state index contributed by atoms with van der Waals surface area (Å²) in [7, 11) is 0. The van der Waals surface area contributed by atoms with Crippen molar-refractivity contribution in [1.29, 1.82) is 0 Å². The average Bonchev–Trinajstić information content (AvgIpc) is 3.67. The van der Waals surface area contributed by atoms with Gasteiger partial charge in [-0.25, -0.2) is 28.8 Å². The molecule has 0 saturated carbocycles. The first-order valence-electron chi connectivity index (χ1n) is 17.8. The van der Waals surface area contributed by atoms with Gasteiger partial charge in [0.05, 0.1) is 22.3 Å². The second-order valence-corrected chi connectivity index (χ2v) is 13.8. The molecule has 0 radical (unpaired) electrons. The maximum Gasteiger partial charge on any atom is 0.414 e. The molecule has 4 heterocycles. The minimum absolute atomic E-state index is 0.0309. The van der Waals surface area contributed by atoms with Gasteiger partial charge in [-0.15, -0.1) is 0 Å². The lowest BCUT2D eigenvalue weighted by Gasteiger charge is -2.36. The smallest absolute Gasteiger partial charge is 0.414 e. The fourth-order valence-corrected chi connectivity index (χ4v) is 7.68. The summed E-state index contributed by atoms with van der Waals surface area (Å²) in [6.07, 6.45) is 0. The molecule has 4 aliphatic rings. The number of carbonyl (C=O) groups is 6. The normalized spacial score (nSPS) is 14.5. The van der Waals surface area contributed by atoms with E-state index in [0.717, 1.165) is 0 Å². The highest BCUT2D eigenvalue weighted by Gasteiger charge is 2.55. The van der Waals surface area contributed by atoms with Crippen LogP contribution in [-0.4, -0.2) is 76.7 Å². The van der Waals surface area contributed by atoms with Crippen molar-refractivity contribution < 1.29 is 88.6 Å². The zero-order valence-electron chi connectivity index (χ0n) is 31.1. The standard InChI is InChI=1S/2C21H12O7.C2H2O4/c2*22-11-2-5-15-17(8-11)27-18-9-12(23)3-6-16(18)21(15)14-4-1-10(19(24)25)7-13(14)20(26)28-21;3-1(4)2(5)6/h2*1-9,22-23H,(H,24,25);(H,3,4)(H,5,6). The summed E-state index contributed by atoms with van der Waals surface area (Å²) in [6.45, 7) is 0. The lowest BCUT2D eigenvalue weighted by atomic mass is 9.77. The highest BCUT2D eigenvalue weighted by molar-refractivity contribution is 6.27. The number of benzene rings is 6. The first-order chi connectivity index (χ1) is 29.4. The van der Waals surface area contributed by atoms with Crippen molar-refractivity contribution in [2.45, 2.75) is 11.2 Å². The summed E-state index contributed by atoms with van der Waals surface area (Å²) in [4.78, 5) is 66.3. The third kappa shape index (κ3) is 6.22. The van der Waals surface area contributed by atoms with Gasteiger partial charge >= 0.3 is 35.8 Å². The highest BCUT2D eigenvalue weighted by atomic mass is 16.6. The van der Waals surface area contributed by atoms with E-state index in [4.69, 9.17) is 38.7 Å². The summed E-state index contributed by atoms with van der Waals surface area (Å²) in [5, 5.41) is 72.7. The second-order valence-electron chi connectivity index (χ2n) is 13.8. The molecule has 0 unspecified atom stereocenters. The first-order valence-corrected chi connectivity index (χ1v) is 17.8. The quantitative estimate of drug-likeness (QED) is 0.0745. The number of phenols is 4. The van der Waals surface area contributed by atoms with Crippen molar-refractivity contribution in [1.82, 2.24) is 0 Å². The molecule has 0 saturated heterocycles. The molecule has 6 aromatic rings. The molecule has 62 heavy (non-hydrogen) atoms. The summed E-state index contributed by atoms with van der Waals surface area (Å²) in [6, 6.07) is 26.2. The molecule has 0 atom stereocenters. The number of fused-ring (bicyclic) bond motifs is 12. The van der Waals surface area contributed by atoms with Crippen LogP contribution >= 0.6 is 0 Å². The SMILES string of the molecule is O=C(O)C(=O)O.O=C(O)c1ccc2c(c1)C(=O)OC21c2ccc(O)cc2Oc2cc(O)ccc21.O=C(O)c1ccc2c(c1)C(=O)OC21c2ccc(O)cc2Oc2cc(O)ccc21. The number of carboxylic acids is 4. The number of hydrogen-bond acceptors (Lipinski definition) is 14. The highest BCUT2D eigenvalue weighted by Crippen LogP contribution is 2.58. The third-order valence-electron chi connectivity index (χ3n) is 10.2. The number of hydrogen-bond donors (Lipinski definition) is 8. The molecule has 8 N–H and O–H groups in total. The Bertz CT molecular complexity index is 2680. The number of aromatic hydroxyl groups is 4. The van der Waals surface area contributed by atoms with Crippen LogP contribution in [0.1, 0.15) is 74.8 Å². The van der Waals surface area contributed by atoms with E-state index in [1.807, 2.05) is 0 Å². The molecule has 0 fully saturated rings. The average molecular weight is 843 g/mol. The summed E-state index contributed by atoms with van der Waals surface area (Å²) < 4.78 is 23.4. The van der Waals surface area contributed by atoms with E-state index in [9.17, 15) is 49.8 Å². The Kier molecular flexibility index (Phi) is 9.20. The number of aliphatic carboxylic acids is 2. The van der Waals surface area contributed by atoms with E-state index in [1.54, 1.807) is 36.4 Å². The van der Waals surface area contributed by atoms with Crippen molar-refractivity contribution in [3.63, 3.8) is 0 Å². The van der Waals surface area contributed by atoms with Crippen LogP contribution in [0.25, 0.3) is 0 Å². The predicted molar refractivity (Wildman–Crippen MR) is 205 cm³/mol. The number of phenolic OH excluding ortho intramolecular Hbond substituents is 4. The maximum atomic E-state index is 12.7. The topological polar surface area (TPSA) is 301 Å². The van der Waals surface area contributed by atoms with E-state index < -0.39 is 47.0 Å². The van der Waals surface area contributed by atoms with Crippen molar-refractivity contribution in [2.75, 3.05) is 0 Å². The molecule has 0 aliphatic carbocycles. The minimum Gasteiger partial charge on any atom is -0.508 e. The Balaban J connectivity index is 0.000000151. The van der Waals surface area contributed by atoms with Gasteiger partial charge in [-0.1, -0.05) is 12.1 Å². The Hall–Kier alpha value is -9.06. The van der Waals surface area contributed by atoms with Crippen LogP contribution < -0.4 is 9.47 Å². The van der Waals surface area contributed by atoms with E-state index >= 15 is 0 Å². The van der Waals surface area contributed by atoms with Crippen molar-refractivity contribution in [2.24, 2.45) is 0 Å². The fourth-order valence-electron chi connectivity index (χ4n) is 7.68. The van der Waals surface area contributed by atoms with Crippen LogP contribution in [0.4, 0.5) is 0 Å². The van der Waals surface area contributed by atoms with Crippen LogP contribution in [0, 0.1) is 0 Å².